The van der Waals surface area contributed by atoms with Gasteiger partial charge in [0.05, 0.1) is 12.8 Å². The molecule has 154 valence electrons. The molecule has 1 saturated heterocycles. The first-order valence-electron chi connectivity index (χ1n) is 8.56. The maximum Gasteiger partial charge on any atom is 0.335 e. The highest BCUT2D eigenvalue weighted by molar-refractivity contribution is 6.39. The highest BCUT2D eigenvalue weighted by Gasteiger charge is 2.36. The lowest BCUT2D eigenvalue weighted by Crippen LogP contribution is -2.54. The molecule has 0 saturated carbocycles. The van der Waals surface area contributed by atoms with Gasteiger partial charge in [0.2, 0.25) is 0 Å². The van der Waals surface area contributed by atoms with Crippen LogP contribution in [0, 0.1) is 0 Å². The molecular formula is C20H16ClN3O6. The van der Waals surface area contributed by atoms with Gasteiger partial charge in [0.1, 0.15) is 5.57 Å². The Morgan fingerprint density at radius 2 is 1.93 bits per heavy atom. The van der Waals surface area contributed by atoms with Crippen LogP contribution < -0.4 is 25.4 Å². The molecule has 5 amide bonds. The van der Waals surface area contributed by atoms with Crippen LogP contribution in [-0.4, -0.2) is 37.5 Å². The summed E-state index contributed by atoms with van der Waals surface area (Å²) in [4.78, 5) is 49.1. The lowest BCUT2D eigenvalue weighted by Gasteiger charge is -2.26. The standard InChI is InChI=1S/C20H16ClN3O6/c1-29-16-8-11(5-6-15(16)30-10-17(22)25)7-14-18(26)23-20(28)24(19(14)27)13-4-2-3-12(21)9-13/h2-9H,10H2,1H3,(H2,22,25)(H,23,26,28)/b14-7+. The fourth-order valence-corrected chi connectivity index (χ4v) is 2.90. The number of hydrogen-bond acceptors (Lipinski definition) is 6. The van der Waals surface area contributed by atoms with Crippen LogP contribution in [0.5, 0.6) is 11.5 Å². The number of carbonyl (C=O) groups excluding carboxylic acids is 4. The molecule has 0 atom stereocenters. The zero-order valence-electron chi connectivity index (χ0n) is 15.7. The van der Waals surface area contributed by atoms with E-state index in [9.17, 15) is 19.2 Å². The number of halogens is 1. The highest BCUT2D eigenvalue weighted by Crippen LogP contribution is 2.30. The Bertz CT molecular complexity index is 1080. The van der Waals surface area contributed by atoms with E-state index < -0.39 is 23.8 Å². The number of nitrogens with one attached hydrogen (secondary N) is 1. The molecule has 2 aromatic rings. The number of amides is 5. The fraction of sp³-hybridized carbons (Fsp3) is 0.100. The summed E-state index contributed by atoms with van der Waals surface area (Å²) in [6.07, 6.45) is 1.31. The third-order valence-electron chi connectivity index (χ3n) is 4.04. The van der Waals surface area contributed by atoms with Crippen molar-refractivity contribution >= 4 is 47.1 Å². The predicted molar refractivity (Wildman–Crippen MR) is 108 cm³/mol. The summed E-state index contributed by atoms with van der Waals surface area (Å²) >= 11 is 5.94. The average molecular weight is 430 g/mol. The number of nitrogens with zero attached hydrogens (tertiary/aromatic N) is 1. The van der Waals surface area contributed by atoms with Gasteiger partial charge in [-0.1, -0.05) is 23.7 Å². The van der Waals surface area contributed by atoms with Crippen LogP contribution in [0.4, 0.5) is 10.5 Å². The molecule has 3 rings (SSSR count). The molecule has 10 heteroatoms. The van der Waals surface area contributed by atoms with Gasteiger partial charge in [0.15, 0.2) is 18.1 Å². The van der Waals surface area contributed by atoms with E-state index in [-0.39, 0.29) is 29.4 Å². The minimum Gasteiger partial charge on any atom is -0.493 e. The number of primary amides is 1. The molecule has 30 heavy (non-hydrogen) atoms. The van der Waals surface area contributed by atoms with Gasteiger partial charge >= 0.3 is 6.03 Å². The topological polar surface area (TPSA) is 128 Å². The van der Waals surface area contributed by atoms with Crippen LogP contribution in [0.15, 0.2) is 48.0 Å². The predicted octanol–water partition coefficient (Wildman–Crippen LogP) is 1.88. The zero-order valence-corrected chi connectivity index (χ0v) is 16.4. The van der Waals surface area contributed by atoms with E-state index in [0.717, 1.165) is 4.90 Å². The molecule has 0 bridgehead atoms. The van der Waals surface area contributed by atoms with Gasteiger partial charge in [0.25, 0.3) is 17.7 Å². The molecule has 1 aliphatic rings. The SMILES string of the molecule is COc1cc(/C=C2\C(=O)NC(=O)N(c3cccc(Cl)c3)C2=O)ccc1OCC(N)=O. The van der Waals surface area contributed by atoms with Crippen LogP contribution in [0.2, 0.25) is 5.02 Å². The van der Waals surface area contributed by atoms with Crippen molar-refractivity contribution in [1.29, 1.82) is 0 Å². The first kappa shape index (κ1) is 20.9. The largest absolute Gasteiger partial charge is 0.493 e. The van der Waals surface area contributed by atoms with Crippen LogP contribution in [0.1, 0.15) is 5.56 Å². The number of hydrogen-bond donors (Lipinski definition) is 2. The number of imide groups is 2. The number of benzene rings is 2. The van der Waals surface area contributed by atoms with Gasteiger partial charge in [-0.25, -0.2) is 9.69 Å². The monoisotopic (exact) mass is 429 g/mol. The van der Waals surface area contributed by atoms with Crippen molar-refractivity contribution in [2.45, 2.75) is 0 Å². The summed E-state index contributed by atoms with van der Waals surface area (Å²) in [5.41, 5.74) is 5.45. The maximum atomic E-state index is 12.9. The van der Waals surface area contributed by atoms with E-state index in [0.29, 0.717) is 10.6 Å². The average Bonchev–Trinajstić information content (AvgIpc) is 2.69. The minimum atomic E-state index is -0.878. The number of carbonyl (C=O) groups is 4. The third kappa shape index (κ3) is 4.41. The number of urea groups is 1. The number of nitrogens with two attached hydrogens (primary N) is 1. The van der Waals surface area contributed by atoms with E-state index in [1.165, 1.54) is 37.5 Å². The zero-order chi connectivity index (χ0) is 21.8. The molecule has 1 aliphatic heterocycles. The summed E-state index contributed by atoms with van der Waals surface area (Å²) < 4.78 is 10.5. The fourth-order valence-electron chi connectivity index (χ4n) is 2.72. The van der Waals surface area contributed by atoms with Crippen molar-refractivity contribution in [3.05, 3.63) is 58.6 Å². The maximum absolute atomic E-state index is 12.9. The van der Waals surface area contributed by atoms with Crippen molar-refractivity contribution < 1.29 is 28.7 Å². The molecule has 0 aliphatic carbocycles. The number of anilines is 1. The summed E-state index contributed by atoms with van der Waals surface area (Å²) in [6.45, 7) is -0.339. The van der Waals surface area contributed by atoms with E-state index in [4.69, 9.17) is 26.8 Å². The second-order valence-corrected chi connectivity index (χ2v) is 6.54. The smallest absolute Gasteiger partial charge is 0.335 e. The lowest BCUT2D eigenvalue weighted by molar-refractivity contribution is -0.123. The Balaban J connectivity index is 1.95. The second kappa shape index (κ2) is 8.66. The van der Waals surface area contributed by atoms with Gasteiger partial charge < -0.3 is 15.2 Å². The first-order valence-corrected chi connectivity index (χ1v) is 8.94. The van der Waals surface area contributed by atoms with Gasteiger partial charge in [-0.2, -0.15) is 0 Å². The van der Waals surface area contributed by atoms with E-state index >= 15 is 0 Å². The van der Waals surface area contributed by atoms with Gasteiger partial charge in [-0.3, -0.25) is 19.7 Å². The summed E-state index contributed by atoms with van der Waals surface area (Å²) in [7, 11) is 1.39. The Morgan fingerprint density at radius 3 is 2.60 bits per heavy atom. The molecule has 1 fully saturated rings. The molecule has 1 heterocycles. The summed E-state index contributed by atoms with van der Waals surface area (Å²) in [6, 6.07) is 9.79. The molecule has 0 aromatic heterocycles. The number of rotatable bonds is 6. The van der Waals surface area contributed by atoms with Crippen molar-refractivity contribution in [1.82, 2.24) is 5.32 Å². The molecule has 0 radical (unpaired) electrons. The number of ether oxygens (including phenoxy) is 2. The molecular weight excluding hydrogens is 414 g/mol. The van der Waals surface area contributed by atoms with Crippen LogP contribution in [0.3, 0.4) is 0 Å². The summed E-state index contributed by atoms with van der Waals surface area (Å²) in [5, 5.41) is 2.46. The molecule has 0 unspecified atom stereocenters. The summed E-state index contributed by atoms with van der Waals surface area (Å²) in [5.74, 6) is -1.78. The van der Waals surface area contributed by atoms with Crippen molar-refractivity contribution in [3.8, 4) is 11.5 Å². The van der Waals surface area contributed by atoms with Crippen molar-refractivity contribution in [2.24, 2.45) is 5.73 Å². The van der Waals surface area contributed by atoms with Crippen molar-refractivity contribution in [2.75, 3.05) is 18.6 Å². The third-order valence-corrected chi connectivity index (χ3v) is 4.27. The highest BCUT2D eigenvalue weighted by atomic mass is 35.5. The lowest BCUT2D eigenvalue weighted by atomic mass is 10.1. The molecule has 2 aromatic carbocycles. The molecule has 3 N–H and O–H groups in total. The van der Waals surface area contributed by atoms with Crippen molar-refractivity contribution in [3.63, 3.8) is 0 Å². The van der Waals surface area contributed by atoms with E-state index in [1.807, 2.05) is 0 Å². The Labute approximate surface area is 176 Å². The Hall–Kier alpha value is -3.85. The quantitative estimate of drug-likeness (QED) is 0.533. The Morgan fingerprint density at radius 1 is 1.17 bits per heavy atom. The van der Waals surface area contributed by atoms with E-state index in [1.54, 1.807) is 18.2 Å². The van der Waals surface area contributed by atoms with Crippen LogP contribution in [-0.2, 0) is 14.4 Å². The molecule has 0 spiro atoms. The van der Waals surface area contributed by atoms with Gasteiger partial charge in [-0.05, 0) is 42.0 Å². The van der Waals surface area contributed by atoms with Crippen LogP contribution in [0.25, 0.3) is 6.08 Å². The number of barbiturate groups is 1. The number of methoxy groups -OCH3 is 1. The van der Waals surface area contributed by atoms with Gasteiger partial charge in [-0.15, -0.1) is 0 Å². The first-order chi connectivity index (χ1) is 14.3. The molecule has 9 nitrogen and oxygen atoms in total. The normalized spacial score (nSPS) is 15.2. The van der Waals surface area contributed by atoms with E-state index in [2.05, 4.69) is 5.32 Å². The Kier molecular flexibility index (Phi) is 6.03. The second-order valence-electron chi connectivity index (χ2n) is 6.10. The van der Waals surface area contributed by atoms with Crippen LogP contribution >= 0.6 is 11.6 Å². The van der Waals surface area contributed by atoms with Gasteiger partial charge in [0, 0.05) is 5.02 Å². The minimum absolute atomic E-state index is 0.219.